The Kier molecular flexibility index (Phi) is 3.68. The van der Waals surface area contributed by atoms with Gasteiger partial charge in [0.25, 0.3) is 0 Å². The molecule has 0 aromatic carbocycles. The zero-order chi connectivity index (χ0) is 10.8. The number of nitrogens with one attached hydrogen (secondary N) is 1. The highest BCUT2D eigenvalue weighted by Crippen LogP contribution is 2.22. The van der Waals surface area contributed by atoms with Crippen LogP contribution in [0.25, 0.3) is 0 Å². The van der Waals surface area contributed by atoms with E-state index in [2.05, 4.69) is 31.0 Å². The summed E-state index contributed by atoms with van der Waals surface area (Å²) in [5.74, 6) is 1.66. The molecule has 2 heteroatoms. The third-order valence-corrected chi connectivity index (χ3v) is 4.01. The fourth-order valence-electron chi connectivity index (χ4n) is 2.34. The second kappa shape index (κ2) is 4.84. The van der Waals surface area contributed by atoms with Crippen molar-refractivity contribution in [2.45, 2.75) is 52.1 Å². The molecule has 88 valence electrons. The fourth-order valence-corrected chi connectivity index (χ4v) is 2.34. The fraction of sp³-hybridized carbons (Fsp3) is 1.00. The lowest BCUT2D eigenvalue weighted by Crippen LogP contribution is -2.35. The SMILES string of the molecule is CC(C)C(C)CN1CCC(NC2CC2)C1. The van der Waals surface area contributed by atoms with Crippen molar-refractivity contribution >= 4 is 0 Å². The minimum absolute atomic E-state index is 0.789. The zero-order valence-corrected chi connectivity index (χ0v) is 10.5. The molecule has 2 aliphatic rings. The zero-order valence-electron chi connectivity index (χ0n) is 10.5. The van der Waals surface area contributed by atoms with Crippen LogP contribution in [0.5, 0.6) is 0 Å². The molecule has 1 heterocycles. The molecule has 15 heavy (non-hydrogen) atoms. The second-order valence-electron chi connectivity index (χ2n) is 5.91. The highest BCUT2D eigenvalue weighted by molar-refractivity contribution is 4.89. The van der Waals surface area contributed by atoms with Crippen LogP contribution in [0.4, 0.5) is 0 Å². The molecule has 0 spiro atoms. The number of hydrogen-bond acceptors (Lipinski definition) is 2. The first kappa shape index (κ1) is 11.4. The van der Waals surface area contributed by atoms with E-state index >= 15 is 0 Å². The third kappa shape index (κ3) is 3.46. The van der Waals surface area contributed by atoms with Crippen LogP contribution in [-0.4, -0.2) is 36.6 Å². The third-order valence-electron chi connectivity index (χ3n) is 4.01. The highest BCUT2D eigenvalue weighted by Gasteiger charge is 2.29. The van der Waals surface area contributed by atoms with Gasteiger partial charge in [-0.15, -0.1) is 0 Å². The van der Waals surface area contributed by atoms with Crippen molar-refractivity contribution in [3.05, 3.63) is 0 Å². The lowest BCUT2D eigenvalue weighted by Gasteiger charge is -2.23. The molecule has 0 amide bonds. The van der Waals surface area contributed by atoms with E-state index in [-0.39, 0.29) is 0 Å². The van der Waals surface area contributed by atoms with Crippen molar-refractivity contribution in [3.8, 4) is 0 Å². The topological polar surface area (TPSA) is 15.3 Å². The molecule has 0 aromatic heterocycles. The number of hydrogen-bond donors (Lipinski definition) is 1. The van der Waals surface area contributed by atoms with Gasteiger partial charge in [0.1, 0.15) is 0 Å². The molecule has 1 N–H and O–H groups in total. The Balaban J connectivity index is 1.67. The second-order valence-corrected chi connectivity index (χ2v) is 5.91. The molecule has 1 aliphatic heterocycles. The van der Waals surface area contributed by atoms with Gasteiger partial charge >= 0.3 is 0 Å². The first-order chi connectivity index (χ1) is 7.15. The predicted molar refractivity (Wildman–Crippen MR) is 65.0 cm³/mol. The van der Waals surface area contributed by atoms with Crippen LogP contribution >= 0.6 is 0 Å². The Labute approximate surface area is 94.4 Å². The predicted octanol–water partition coefficient (Wildman–Crippen LogP) is 2.10. The number of likely N-dealkylation sites (tertiary alicyclic amines) is 1. The Morgan fingerprint density at radius 1 is 1.13 bits per heavy atom. The molecular weight excluding hydrogens is 184 g/mol. The Hall–Kier alpha value is -0.0800. The normalized spacial score (nSPS) is 30.0. The van der Waals surface area contributed by atoms with Gasteiger partial charge in [0.2, 0.25) is 0 Å². The van der Waals surface area contributed by atoms with Gasteiger partial charge in [-0.25, -0.2) is 0 Å². The van der Waals surface area contributed by atoms with Gasteiger partial charge in [-0.3, -0.25) is 0 Å². The standard InChI is InChI=1S/C13H26N2/c1-10(2)11(3)8-15-7-6-13(9-15)14-12-4-5-12/h10-14H,4-9H2,1-3H3. The summed E-state index contributed by atoms with van der Waals surface area (Å²) in [5.41, 5.74) is 0. The van der Waals surface area contributed by atoms with E-state index in [1.807, 2.05) is 0 Å². The van der Waals surface area contributed by atoms with Crippen molar-refractivity contribution in [2.24, 2.45) is 11.8 Å². The Morgan fingerprint density at radius 2 is 1.87 bits per heavy atom. The van der Waals surface area contributed by atoms with Crippen LogP contribution in [0.15, 0.2) is 0 Å². The summed E-state index contributed by atoms with van der Waals surface area (Å²) in [6, 6.07) is 1.66. The van der Waals surface area contributed by atoms with E-state index in [0.29, 0.717) is 0 Å². The average molecular weight is 210 g/mol. The van der Waals surface area contributed by atoms with Crippen molar-refractivity contribution in [3.63, 3.8) is 0 Å². The van der Waals surface area contributed by atoms with E-state index < -0.39 is 0 Å². The van der Waals surface area contributed by atoms with Gasteiger partial charge in [0.15, 0.2) is 0 Å². The summed E-state index contributed by atoms with van der Waals surface area (Å²) in [4.78, 5) is 2.64. The number of nitrogens with zero attached hydrogens (tertiary/aromatic N) is 1. The van der Waals surface area contributed by atoms with Crippen LogP contribution in [0, 0.1) is 11.8 Å². The molecule has 1 saturated carbocycles. The first-order valence-electron chi connectivity index (χ1n) is 6.63. The minimum Gasteiger partial charge on any atom is -0.310 e. The molecule has 2 rings (SSSR count). The molecule has 2 fully saturated rings. The van der Waals surface area contributed by atoms with Gasteiger partial charge in [-0.05, 0) is 37.6 Å². The molecule has 2 unspecified atom stereocenters. The van der Waals surface area contributed by atoms with Crippen molar-refractivity contribution in [1.29, 1.82) is 0 Å². The van der Waals surface area contributed by atoms with E-state index in [1.54, 1.807) is 0 Å². The van der Waals surface area contributed by atoms with Gasteiger partial charge in [-0.2, -0.15) is 0 Å². The van der Waals surface area contributed by atoms with Crippen LogP contribution in [0.2, 0.25) is 0 Å². The molecule has 1 aliphatic carbocycles. The van der Waals surface area contributed by atoms with Gasteiger partial charge in [-0.1, -0.05) is 20.8 Å². The summed E-state index contributed by atoms with van der Waals surface area (Å²) in [6.45, 7) is 10.9. The van der Waals surface area contributed by atoms with Gasteiger partial charge in [0, 0.05) is 25.2 Å². The van der Waals surface area contributed by atoms with E-state index in [0.717, 1.165) is 23.9 Å². The van der Waals surface area contributed by atoms with E-state index in [1.165, 1.54) is 38.9 Å². The molecule has 2 nitrogen and oxygen atoms in total. The lowest BCUT2D eigenvalue weighted by atomic mass is 9.98. The number of rotatable bonds is 5. The molecule has 1 saturated heterocycles. The first-order valence-corrected chi connectivity index (χ1v) is 6.63. The summed E-state index contributed by atoms with van der Waals surface area (Å²) in [6.07, 6.45) is 4.19. The van der Waals surface area contributed by atoms with Crippen molar-refractivity contribution in [1.82, 2.24) is 10.2 Å². The minimum atomic E-state index is 0.789. The summed E-state index contributed by atoms with van der Waals surface area (Å²) in [7, 11) is 0. The monoisotopic (exact) mass is 210 g/mol. The average Bonchev–Trinajstić information content (AvgIpc) is 2.87. The Bertz CT molecular complexity index is 199. The maximum atomic E-state index is 3.74. The highest BCUT2D eigenvalue weighted by atomic mass is 15.2. The maximum absolute atomic E-state index is 3.74. The summed E-state index contributed by atoms with van der Waals surface area (Å²) in [5, 5.41) is 3.74. The van der Waals surface area contributed by atoms with Crippen LogP contribution in [0.1, 0.15) is 40.0 Å². The lowest BCUT2D eigenvalue weighted by molar-refractivity contribution is 0.245. The summed E-state index contributed by atoms with van der Waals surface area (Å²) < 4.78 is 0. The van der Waals surface area contributed by atoms with Crippen LogP contribution in [0.3, 0.4) is 0 Å². The van der Waals surface area contributed by atoms with Crippen LogP contribution in [-0.2, 0) is 0 Å². The summed E-state index contributed by atoms with van der Waals surface area (Å²) >= 11 is 0. The van der Waals surface area contributed by atoms with Crippen molar-refractivity contribution in [2.75, 3.05) is 19.6 Å². The smallest absolute Gasteiger partial charge is 0.0209 e. The molecule has 0 bridgehead atoms. The molecular formula is C13H26N2. The molecule has 0 radical (unpaired) electrons. The van der Waals surface area contributed by atoms with Gasteiger partial charge in [0.05, 0.1) is 0 Å². The van der Waals surface area contributed by atoms with Crippen LogP contribution < -0.4 is 5.32 Å². The largest absolute Gasteiger partial charge is 0.310 e. The van der Waals surface area contributed by atoms with Gasteiger partial charge < -0.3 is 10.2 Å². The van der Waals surface area contributed by atoms with E-state index in [9.17, 15) is 0 Å². The molecule has 2 atom stereocenters. The van der Waals surface area contributed by atoms with Crippen molar-refractivity contribution < 1.29 is 0 Å². The maximum Gasteiger partial charge on any atom is 0.0209 e. The van der Waals surface area contributed by atoms with E-state index in [4.69, 9.17) is 0 Å². The quantitative estimate of drug-likeness (QED) is 0.747. The molecule has 0 aromatic rings. The Morgan fingerprint density at radius 3 is 2.47 bits per heavy atom.